The van der Waals surface area contributed by atoms with Gasteiger partial charge in [-0.15, -0.1) is 0 Å². The average molecular weight is 348 g/mol. The fourth-order valence-corrected chi connectivity index (χ4v) is 1.67. The summed E-state index contributed by atoms with van der Waals surface area (Å²) in [5.41, 5.74) is 0. The maximum absolute atomic E-state index is 11.1. The number of rotatable bonds is 6. The standard InChI is InChI=1S/C8H13IO5S/c1-3-7(10)13-6(2)14-8(11)15-5-4-12-9/h6H,3-5H2,1-2H3. The van der Waals surface area contributed by atoms with Gasteiger partial charge in [-0.2, -0.15) is 0 Å². The van der Waals surface area contributed by atoms with E-state index in [1.54, 1.807) is 29.9 Å². The van der Waals surface area contributed by atoms with Crippen molar-refractivity contribution in [3.8, 4) is 0 Å². The van der Waals surface area contributed by atoms with Gasteiger partial charge in [-0.25, -0.2) is 4.79 Å². The fraction of sp³-hybridized carbons (Fsp3) is 0.750. The molecule has 0 aliphatic carbocycles. The molecule has 0 saturated carbocycles. The first kappa shape index (κ1) is 15.0. The summed E-state index contributed by atoms with van der Waals surface area (Å²) in [5, 5.41) is -0.472. The average Bonchev–Trinajstić information content (AvgIpc) is 2.17. The van der Waals surface area contributed by atoms with E-state index in [2.05, 4.69) is 0 Å². The van der Waals surface area contributed by atoms with Gasteiger partial charge in [-0.3, -0.25) is 4.79 Å². The second-order valence-corrected chi connectivity index (χ2v) is 4.09. The Morgan fingerprint density at radius 2 is 2.07 bits per heavy atom. The van der Waals surface area contributed by atoms with Gasteiger partial charge < -0.3 is 12.5 Å². The van der Waals surface area contributed by atoms with E-state index in [1.165, 1.54) is 6.92 Å². The van der Waals surface area contributed by atoms with Crippen LogP contribution in [-0.4, -0.2) is 29.9 Å². The van der Waals surface area contributed by atoms with Crippen molar-refractivity contribution in [2.24, 2.45) is 0 Å². The van der Waals surface area contributed by atoms with Crippen LogP contribution in [0.4, 0.5) is 4.79 Å². The first-order valence-electron chi connectivity index (χ1n) is 4.36. The van der Waals surface area contributed by atoms with Crippen molar-refractivity contribution >= 4 is 46.0 Å². The van der Waals surface area contributed by atoms with Crippen LogP contribution in [0, 0.1) is 0 Å². The third-order valence-electron chi connectivity index (χ3n) is 1.23. The molecular formula is C8H13IO5S. The molecule has 0 aromatic rings. The third kappa shape index (κ3) is 8.94. The van der Waals surface area contributed by atoms with Crippen molar-refractivity contribution in [1.29, 1.82) is 0 Å². The second-order valence-electron chi connectivity index (χ2n) is 2.44. The largest absolute Gasteiger partial charge is 0.425 e. The Morgan fingerprint density at radius 3 is 2.60 bits per heavy atom. The molecule has 0 aliphatic rings. The van der Waals surface area contributed by atoms with Crippen molar-refractivity contribution in [1.82, 2.24) is 0 Å². The lowest BCUT2D eigenvalue weighted by Crippen LogP contribution is -2.19. The lowest BCUT2D eigenvalue weighted by Gasteiger charge is -2.12. The van der Waals surface area contributed by atoms with E-state index in [1.807, 2.05) is 0 Å². The van der Waals surface area contributed by atoms with Crippen molar-refractivity contribution in [3.63, 3.8) is 0 Å². The maximum atomic E-state index is 11.1. The molecule has 0 saturated heterocycles. The lowest BCUT2D eigenvalue weighted by atomic mass is 10.5. The number of ether oxygens (including phenoxy) is 2. The van der Waals surface area contributed by atoms with Crippen LogP contribution < -0.4 is 0 Å². The Labute approximate surface area is 107 Å². The molecule has 0 aliphatic heterocycles. The first-order valence-corrected chi connectivity index (χ1v) is 6.23. The first-order chi connectivity index (χ1) is 7.10. The molecule has 0 bridgehead atoms. The van der Waals surface area contributed by atoms with Crippen LogP contribution >= 0.6 is 34.8 Å². The van der Waals surface area contributed by atoms with Crippen LogP contribution in [0.15, 0.2) is 0 Å². The van der Waals surface area contributed by atoms with Crippen LogP contribution in [-0.2, 0) is 17.3 Å². The van der Waals surface area contributed by atoms with E-state index in [9.17, 15) is 9.59 Å². The predicted octanol–water partition coefficient (Wildman–Crippen LogP) is 2.52. The summed E-state index contributed by atoms with van der Waals surface area (Å²) in [6, 6.07) is 0. The zero-order valence-corrected chi connectivity index (χ0v) is 11.5. The van der Waals surface area contributed by atoms with Gasteiger partial charge in [-0.05, 0) is 11.8 Å². The summed E-state index contributed by atoms with van der Waals surface area (Å²) in [6.07, 6.45) is -0.574. The van der Waals surface area contributed by atoms with Crippen molar-refractivity contribution in [3.05, 3.63) is 0 Å². The predicted molar refractivity (Wildman–Crippen MR) is 64.8 cm³/mol. The number of halogens is 1. The van der Waals surface area contributed by atoms with Crippen LogP contribution in [0.2, 0.25) is 0 Å². The van der Waals surface area contributed by atoms with E-state index < -0.39 is 17.6 Å². The number of carbonyl (C=O) groups is 2. The zero-order chi connectivity index (χ0) is 11.7. The summed E-state index contributed by atoms with van der Waals surface area (Å²) >= 11 is 2.73. The number of carbonyl (C=O) groups excluding carboxylic acids is 2. The quantitative estimate of drug-likeness (QED) is 0.318. The Kier molecular flexibility index (Phi) is 9.21. The van der Waals surface area contributed by atoms with Crippen LogP contribution in [0.3, 0.4) is 0 Å². The molecule has 1 atom stereocenters. The molecule has 7 heteroatoms. The van der Waals surface area contributed by atoms with Gasteiger partial charge in [0, 0.05) is 19.1 Å². The van der Waals surface area contributed by atoms with E-state index in [0.717, 1.165) is 11.8 Å². The van der Waals surface area contributed by atoms with Gasteiger partial charge in [-0.1, -0.05) is 6.92 Å². The van der Waals surface area contributed by atoms with Gasteiger partial charge >= 0.3 is 11.3 Å². The molecule has 1 unspecified atom stereocenters. The van der Waals surface area contributed by atoms with Gasteiger partial charge in [0.15, 0.2) is 0 Å². The molecule has 88 valence electrons. The summed E-state index contributed by atoms with van der Waals surface area (Å²) in [7, 11) is 0. The Bertz CT molecular complexity index is 211. The highest BCUT2D eigenvalue weighted by atomic mass is 127. The highest BCUT2D eigenvalue weighted by Crippen LogP contribution is 2.09. The van der Waals surface area contributed by atoms with Gasteiger partial charge in [0.25, 0.3) is 0 Å². The highest BCUT2D eigenvalue weighted by molar-refractivity contribution is 14.1. The number of hydrogen-bond acceptors (Lipinski definition) is 6. The monoisotopic (exact) mass is 348 g/mol. The summed E-state index contributed by atoms with van der Waals surface area (Å²) < 4.78 is 14.3. The second kappa shape index (κ2) is 9.22. The molecule has 0 fully saturated rings. The zero-order valence-electron chi connectivity index (χ0n) is 8.53. The van der Waals surface area contributed by atoms with Crippen molar-refractivity contribution < 1.29 is 22.1 Å². The molecule has 0 N–H and O–H groups in total. The lowest BCUT2D eigenvalue weighted by molar-refractivity contribution is -0.163. The topological polar surface area (TPSA) is 61.8 Å². The van der Waals surface area contributed by atoms with Gasteiger partial charge in [0.1, 0.15) is 23.0 Å². The van der Waals surface area contributed by atoms with Crippen LogP contribution in [0.25, 0.3) is 0 Å². The number of thioether (sulfide) groups is 1. The highest BCUT2D eigenvalue weighted by Gasteiger charge is 2.12. The molecule has 0 amide bonds. The SMILES string of the molecule is CCC(=O)OC(C)OC(=O)SCCOI. The fourth-order valence-electron chi connectivity index (χ4n) is 0.619. The molecule has 0 aromatic carbocycles. The molecule has 15 heavy (non-hydrogen) atoms. The number of hydrogen-bond donors (Lipinski definition) is 0. The molecule has 0 heterocycles. The summed E-state index contributed by atoms with van der Waals surface area (Å²) in [6.45, 7) is 3.63. The van der Waals surface area contributed by atoms with Crippen LogP contribution in [0.1, 0.15) is 20.3 Å². The summed E-state index contributed by atoms with van der Waals surface area (Å²) in [5.74, 6) is 0.117. The van der Waals surface area contributed by atoms with Crippen molar-refractivity contribution in [2.45, 2.75) is 26.6 Å². The van der Waals surface area contributed by atoms with E-state index >= 15 is 0 Å². The Balaban J connectivity index is 3.62. The van der Waals surface area contributed by atoms with Crippen LogP contribution in [0.5, 0.6) is 0 Å². The normalized spacial score (nSPS) is 11.9. The van der Waals surface area contributed by atoms with Gasteiger partial charge in [0.05, 0.1) is 6.61 Å². The van der Waals surface area contributed by atoms with Crippen molar-refractivity contribution in [2.75, 3.05) is 12.4 Å². The maximum Gasteiger partial charge on any atom is 0.370 e. The van der Waals surface area contributed by atoms with Gasteiger partial charge in [0.2, 0.25) is 6.29 Å². The minimum Gasteiger partial charge on any atom is -0.425 e. The summed E-state index contributed by atoms with van der Waals surface area (Å²) in [4.78, 5) is 21.9. The molecule has 0 spiro atoms. The molecule has 0 rings (SSSR count). The molecule has 5 nitrogen and oxygen atoms in total. The number of esters is 1. The third-order valence-corrected chi connectivity index (χ3v) is 2.37. The molecule has 0 aromatic heterocycles. The molecule has 0 radical (unpaired) electrons. The smallest absolute Gasteiger partial charge is 0.370 e. The molecular weight excluding hydrogens is 335 g/mol. The van der Waals surface area contributed by atoms with E-state index in [4.69, 9.17) is 12.5 Å². The Hall–Kier alpha value is -0.0200. The minimum atomic E-state index is -0.835. The Morgan fingerprint density at radius 1 is 1.40 bits per heavy atom. The van der Waals surface area contributed by atoms with E-state index in [-0.39, 0.29) is 6.42 Å². The minimum absolute atomic E-state index is 0.262. The van der Waals surface area contributed by atoms with E-state index in [0.29, 0.717) is 12.4 Å².